The van der Waals surface area contributed by atoms with Gasteiger partial charge in [0.15, 0.2) is 0 Å². The van der Waals surface area contributed by atoms with Crippen LogP contribution in [0.5, 0.6) is 0 Å². The normalized spacial score (nSPS) is 42.7. The summed E-state index contributed by atoms with van der Waals surface area (Å²) in [6.07, 6.45) is 5.38. The number of ether oxygens (including phenoxy) is 4. The third-order valence-corrected chi connectivity index (χ3v) is 8.49. The van der Waals surface area contributed by atoms with Crippen LogP contribution in [0, 0.1) is 22.7 Å². The molecular weight excluding hydrogens is 416 g/mol. The van der Waals surface area contributed by atoms with Crippen LogP contribution in [0.25, 0.3) is 0 Å². The second kappa shape index (κ2) is 7.42. The Kier molecular flexibility index (Phi) is 5.02. The molecule has 7 atom stereocenters. The van der Waals surface area contributed by atoms with Gasteiger partial charge in [-0.15, -0.1) is 0 Å². The summed E-state index contributed by atoms with van der Waals surface area (Å²) < 4.78 is 29.0. The van der Waals surface area contributed by atoms with E-state index in [0.717, 1.165) is 24.8 Å². The summed E-state index contributed by atoms with van der Waals surface area (Å²) in [5.41, 5.74) is -1.32. The van der Waals surface area contributed by atoms with Crippen molar-refractivity contribution in [3.05, 3.63) is 24.2 Å². The van der Waals surface area contributed by atoms with Gasteiger partial charge in [-0.2, -0.15) is 0 Å². The van der Waals surface area contributed by atoms with Crippen LogP contribution in [0.2, 0.25) is 0 Å². The molecule has 2 saturated heterocycles. The zero-order chi connectivity index (χ0) is 22.7. The smallest absolute Gasteiger partial charge is 0.304 e. The highest BCUT2D eigenvalue weighted by Gasteiger charge is 2.77. The summed E-state index contributed by atoms with van der Waals surface area (Å²) in [5, 5.41) is 0. The maximum Gasteiger partial charge on any atom is 0.304 e. The number of esters is 2. The second-order valence-electron chi connectivity index (χ2n) is 9.95. The Bertz CT molecular complexity index is 918. The molecule has 0 bridgehead atoms. The molecule has 8 nitrogen and oxygen atoms in total. The molecule has 5 rings (SSSR count). The van der Waals surface area contributed by atoms with Gasteiger partial charge in [-0.05, 0) is 37.2 Å². The van der Waals surface area contributed by atoms with E-state index in [2.05, 4.69) is 0 Å². The van der Waals surface area contributed by atoms with Gasteiger partial charge >= 0.3 is 11.9 Å². The van der Waals surface area contributed by atoms with Gasteiger partial charge in [-0.25, -0.2) is 0 Å². The quantitative estimate of drug-likeness (QED) is 0.512. The first-order valence-corrected chi connectivity index (χ1v) is 11.4. The molecule has 1 aromatic heterocycles. The van der Waals surface area contributed by atoms with Gasteiger partial charge in [0.25, 0.3) is 0 Å². The Labute approximate surface area is 186 Å². The summed E-state index contributed by atoms with van der Waals surface area (Å²) >= 11 is 0. The second-order valence-corrected chi connectivity index (χ2v) is 9.95. The van der Waals surface area contributed by atoms with E-state index in [-0.39, 0.29) is 30.3 Å². The zero-order valence-corrected chi connectivity index (χ0v) is 18.8. The van der Waals surface area contributed by atoms with E-state index in [9.17, 15) is 14.4 Å². The number of hydrogen-bond acceptors (Lipinski definition) is 8. The lowest BCUT2D eigenvalue weighted by Gasteiger charge is -2.59. The lowest BCUT2D eigenvalue weighted by atomic mass is 9.43. The number of epoxide rings is 1. The van der Waals surface area contributed by atoms with E-state index >= 15 is 0 Å². The molecule has 2 aliphatic carbocycles. The third kappa shape index (κ3) is 2.91. The number of rotatable bonds is 4. The Morgan fingerprint density at radius 2 is 2.03 bits per heavy atom. The van der Waals surface area contributed by atoms with Crippen molar-refractivity contribution in [3.8, 4) is 0 Å². The van der Waals surface area contributed by atoms with Gasteiger partial charge in [-0.3, -0.25) is 14.4 Å². The summed E-state index contributed by atoms with van der Waals surface area (Å²) in [6.45, 7) is 5.24. The van der Waals surface area contributed by atoms with Crippen LogP contribution < -0.4 is 0 Å². The highest BCUT2D eigenvalue weighted by Crippen LogP contribution is 2.71. The first kappa shape index (κ1) is 21.6. The van der Waals surface area contributed by atoms with Crippen molar-refractivity contribution in [2.24, 2.45) is 22.7 Å². The van der Waals surface area contributed by atoms with E-state index < -0.39 is 34.7 Å². The molecule has 2 saturated carbocycles. The zero-order valence-electron chi connectivity index (χ0n) is 18.8. The van der Waals surface area contributed by atoms with Gasteiger partial charge in [0.05, 0.1) is 30.7 Å². The van der Waals surface area contributed by atoms with Gasteiger partial charge in [-0.1, -0.05) is 13.3 Å². The van der Waals surface area contributed by atoms with Crippen LogP contribution in [-0.4, -0.2) is 42.8 Å². The standard InChI is InChI=1S/C24H30O8/c1-14-9-20(27)24(13-29-15(2)25)19(5-4-7-22(24)12-30-22)23(14)10-18(17-6-8-28-11-17)32-21(23)31-16(3)26/h6,8,11,14,18-19,21H,4-5,7,9-10,12-13H2,1-3H3. The van der Waals surface area contributed by atoms with E-state index in [4.69, 9.17) is 23.4 Å². The molecule has 0 amide bonds. The van der Waals surface area contributed by atoms with Crippen LogP contribution in [0.3, 0.4) is 0 Å². The van der Waals surface area contributed by atoms with Crippen molar-refractivity contribution >= 4 is 17.7 Å². The maximum absolute atomic E-state index is 13.8. The predicted molar refractivity (Wildman–Crippen MR) is 109 cm³/mol. The molecule has 0 radical (unpaired) electrons. The maximum atomic E-state index is 13.8. The molecule has 4 fully saturated rings. The number of furan rings is 1. The number of hydrogen-bond donors (Lipinski definition) is 0. The predicted octanol–water partition coefficient (Wildman–Crippen LogP) is 3.34. The van der Waals surface area contributed by atoms with Gasteiger partial charge < -0.3 is 23.4 Å². The summed E-state index contributed by atoms with van der Waals surface area (Å²) in [6, 6.07) is 1.85. The van der Waals surface area contributed by atoms with Crippen molar-refractivity contribution in [3.63, 3.8) is 0 Å². The molecule has 7 unspecified atom stereocenters. The minimum Gasteiger partial charge on any atom is -0.472 e. The largest absolute Gasteiger partial charge is 0.472 e. The first-order valence-electron chi connectivity index (χ1n) is 11.4. The Balaban J connectivity index is 1.63. The van der Waals surface area contributed by atoms with Crippen molar-refractivity contribution < 1.29 is 37.7 Å². The fraction of sp³-hybridized carbons (Fsp3) is 0.708. The average molecular weight is 446 g/mol. The third-order valence-electron chi connectivity index (χ3n) is 8.49. The number of carbonyl (C=O) groups is 3. The molecule has 0 aromatic carbocycles. The van der Waals surface area contributed by atoms with Crippen LogP contribution in [0.15, 0.2) is 23.0 Å². The van der Waals surface area contributed by atoms with Crippen molar-refractivity contribution in [2.75, 3.05) is 13.2 Å². The fourth-order valence-electron chi connectivity index (χ4n) is 6.99. The van der Waals surface area contributed by atoms with Gasteiger partial charge in [0, 0.05) is 31.2 Å². The minimum absolute atomic E-state index is 0.0104. The summed E-state index contributed by atoms with van der Waals surface area (Å²) in [4.78, 5) is 37.7. The molecular formula is C24H30O8. The molecule has 4 aliphatic rings. The molecule has 2 spiro atoms. The number of Topliss-reactive ketones (excluding diaryl/α,β-unsaturated/α-hetero) is 1. The lowest BCUT2D eigenvalue weighted by molar-refractivity contribution is -0.235. The van der Waals surface area contributed by atoms with Crippen molar-refractivity contribution in [1.29, 1.82) is 0 Å². The van der Waals surface area contributed by atoms with Crippen LogP contribution >= 0.6 is 0 Å². The first-order chi connectivity index (χ1) is 15.2. The molecule has 8 heteroatoms. The molecule has 32 heavy (non-hydrogen) atoms. The van der Waals surface area contributed by atoms with Gasteiger partial charge in [0.1, 0.15) is 18.0 Å². The molecule has 3 heterocycles. The lowest BCUT2D eigenvalue weighted by Crippen LogP contribution is -2.67. The van der Waals surface area contributed by atoms with E-state index in [0.29, 0.717) is 19.4 Å². The monoisotopic (exact) mass is 446 g/mol. The molecule has 174 valence electrons. The van der Waals surface area contributed by atoms with Gasteiger partial charge in [0.2, 0.25) is 6.29 Å². The van der Waals surface area contributed by atoms with Crippen LogP contribution in [0.4, 0.5) is 0 Å². The fourth-order valence-corrected chi connectivity index (χ4v) is 6.99. The summed E-state index contributed by atoms with van der Waals surface area (Å²) in [5.74, 6) is -1.06. The van der Waals surface area contributed by atoms with Crippen molar-refractivity contribution in [1.82, 2.24) is 0 Å². The minimum atomic E-state index is -0.962. The molecule has 2 aliphatic heterocycles. The molecule has 0 N–H and O–H groups in total. The van der Waals surface area contributed by atoms with E-state index in [1.807, 2.05) is 13.0 Å². The van der Waals surface area contributed by atoms with Crippen LogP contribution in [-0.2, 0) is 33.3 Å². The SMILES string of the molecule is CC(=O)OCC12C(=O)CC(C)C3(CC(c4ccoc4)OC3OC(C)=O)C1CCCC21CO1. The number of ketones is 1. The Morgan fingerprint density at radius 3 is 2.66 bits per heavy atom. The Hall–Kier alpha value is -2.19. The highest BCUT2D eigenvalue weighted by atomic mass is 16.7. The van der Waals surface area contributed by atoms with Crippen LogP contribution in [0.1, 0.15) is 64.5 Å². The molecule has 1 aromatic rings. The summed E-state index contributed by atoms with van der Waals surface area (Å²) in [7, 11) is 0. The van der Waals surface area contributed by atoms with E-state index in [1.165, 1.54) is 13.8 Å². The number of carbonyl (C=O) groups excluding carboxylic acids is 3. The van der Waals surface area contributed by atoms with E-state index in [1.54, 1.807) is 12.5 Å². The Morgan fingerprint density at radius 1 is 1.25 bits per heavy atom. The topological polar surface area (TPSA) is 105 Å². The highest BCUT2D eigenvalue weighted by molar-refractivity contribution is 5.89. The van der Waals surface area contributed by atoms with Crippen molar-refractivity contribution in [2.45, 2.75) is 70.9 Å². The number of fused-ring (bicyclic) bond motifs is 3. The average Bonchev–Trinajstić information content (AvgIpc) is 3.14.